The number of aromatic nitrogens is 5. The molecule has 1 atom stereocenters. The largest absolute Gasteiger partial charge is 0.488 e. The zero-order valence-corrected chi connectivity index (χ0v) is 35.9. The average molecular weight is 865 g/mol. The standard InChI is InChI=1S/C41H43Cl2N7O8S/c1-23-34-37(50(49-23)59(53,54)28-12-10-9-11-13-28)44-21-32(46-34)30-20-33(36(48-39(52)58-41(6,7)8)47-35(30)29-16-17-55-24(29)2)56-22-27(45-38(51)57-40(3,4)5)18-25-14-15-26(42)19-31(25)43/h9-17,19-21,27H,18,22H2,1-8H3,(H,45,51)(H,47,48,52)/t27-/m0/s1. The first-order valence-electron chi connectivity index (χ1n) is 18.4. The van der Waals surface area contributed by atoms with E-state index in [-0.39, 0.29) is 46.3 Å². The van der Waals surface area contributed by atoms with Gasteiger partial charge in [0.25, 0.3) is 10.0 Å². The van der Waals surface area contributed by atoms with Gasteiger partial charge in [-0.15, -0.1) is 4.09 Å². The number of ether oxygens (including phenoxy) is 3. The van der Waals surface area contributed by atoms with Crippen LogP contribution in [-0.4, -0.2) is 68.6 Å². The summed E-state index contributed by atoms with van der Waals surface area (Å²) in [6.45, 7) is 13.6. The number of aryl methyl sites for hydroxylation is 2. The van der Waals surface area contributed by atoms with Crippen LogP contribution >= 0.6 is 23.2 Å². The third kappa shape index (κ3) is 10.3. The van der Waals surface area contributed by atoms with Crippen molar-refractivity contribution in [1.29, 1.82) is 0 Å². The zero-order chi connectivity index (χ0) is 42.9. The smallest absolute Gasteiger partial charge is 0.413 e. The number of rotatable bonds is 11. The number of nitrogens with one attached hydrogen (secondary N) is 2. The van der Waals surface area contributed by atoms with Crippen LogP contribution in [0.2, 0.25) is 10.0 Å². The molecular weight excluding hydrogens is 821 g/mol. The quantitative estimate of drug-likeness (QED) is 0.126. The van der Waals surface area contributed by atoms with Crippen molar-refractivity contribution in [2.45, 2.75) is 84.0 Å². The summed E-state index contributed by atoms with van der Waals surface area (Å²) in [4.78, 5) is 40.6. The van der Waals surface area contributed by atoms with Gasteiger partial charge in [0.2, 0.25) is 0 Å². The van der Waals surface area contributed by atoms with Crippen LogP contribution in [0.3, 0.4) is 0 Å². The lowest BCUT2D eigenvalue weighted by molar-refractivity contribution is 0.0487. The predicted molar refractivity (Wildman–Crippen MR) is 223 cm³/mol. The molecule has 0 radical (unpaired) electrons. The van der Waals surface area contributed by atoms with Gasteiger partial charge in [-0.25, -0.2) is 24.5 Å². The molecule has 18 heteroatoms. The van der Waals surface area contributed by atoms with Crippen LogP contribution in [0.15, 0.2) is 82.4 Å². The number of hydrogen-bond donors (Lipinski definition) is 2. The number of hydrogen-bond acceptors (Lipinski definition) is 12. The van der Waals surface area contributed by atoms with Crippen molar-refractivity contribution in [2.75, 3.05) is 11.9 Å². The van der Waals surface area contributed by atoms with E-state index >= 15 is 0 Å². The molecule has 0 unspecified atom stereocenters. The molecule has 4 heterocycles. The molecule has 0 bridgehead atoms. The molecule has 0 fully saturated rings. The van der Waals surface area contributed by atoms with E-state index in [9.17, 15) is 18.0 Å². The lowest BCUT2D eigenvalue weighted by Gasteiger charge is -2.25. The number of carbonyl (C=O) groups excluding carboxylic acids is 2. The van der Waals surface area contributed by atoms with E-state index in [0.29, 0.717) is 43.9 Å². The Bertz CT molecular complexity index is 2640. The first kappa shape index (κ1) is 42.9. The zero-order valence-electron chi connectivity index (χ0n) is 33.6. The molecule has 0 aliphatic heterocycles. The summed E-state index contributed by atoms with van der Waals surface area (Å²) in [5.41, 5.74) is 1.10. The van der Waals surface area contributed by atoms with Crippen LogP contribution < -0.4 is 15.4 Å². The maximum absolute atomic E-state index is 13.6. The summed E-state index contributed by atoms with van der Waals surface area (Å²) in [5.74, 6) is 0.546. The molecule has 6 rings (SSSR count). The summed E-state index contributed by atoms with van der Waals surface area (Å²) in [6, 6.07) is 15.5. The number of carbonyl (C=O) groups is 2. The second-order valence-corrected chi connectivity index (χ2v) is 18.1. The molecule has 6 aromatic rings. The highest BCUT2D eigenvalue weighted by atomic mass is 35.5. The Morgan fingerprint density at radius 1 is 0.898 bits per heavy atom. The Hall–Kier alpha value is -5.71. The van der Waals surface area contributed by atoms with Gasteiger partial charge in [-0.05, 0) is 104 Å². The highest BCUT2D eigenvalue weighted by Crippen LogP contribution is 2.39. The SMILES string of the molecule is Cc1occc1-c1nc(NC(=O)OC(C)(C)C)c(OC[C@H](Cc2ccc(Cl)cc2Cl)NC(=O)OC(C)(C)C)cc1-c1cnc2c(n1)c(C)nn2S(=O)(=O)c1ccccc1. The number of furan rings is 1. The molecule has 4 aromatic heterocycles. The Morgan fingerprint density at radius 3 is 2.24 bits per heavy atom. The fraction of sp³-hybridized carbons (Fsp3) is 0.317. The minimum Gasteiger partial charge on any atom is -0.488 e. The molecule has 2 aromatic carbocycles. The minimum atomic E-state index is -4.12. The Morgan fingerprint density at radius 2 is 1.59 bits per heavy atom. The molecule has 0 aliphatic rings. The van der Waals surface area contributed by atoms with E-state index in [0.717, 1.165) is 4.09 Å². The van der Waals surface area contributed by atoms with Gasteiger partial charge in [0.15, 0.2) is 17.2 Å². The maximum Gasteiger partial charge on any atom is 0.413 e. The fourth-order valence-corrected chi connectivity index (χ4v) is 7.66. The second kappa shape index (κ2) is 16.9. The molecule has 0 aliphatic carbocycles. The molecule has 15 nitrogen and oxygen atoms in total. The van der Waals surface area contributed by atoms with Crippen LogP contribution in [-0.2, 0) is 25.9 Å². The van der Waals surface area contributed by atoms with E-state index in [1.54, 1.807) is 104 Å². The molecular formula is C41H43Cl2N7O8S. The lowest BCUT2D eigenvalue weighted by Crippen LogP contribution is -2.43. The first-order chi connectivity index (χ1) is 27.7. The van der Waals surface area contributed by atoms with Crippen molar-refractivity contribution in [2.24, 2.45) is 0 Å². The normalized spacial score (nSPS) is 12.6. The summed E-state index contributed by atoms with van der Waals surface area (Å²) in [5, 5.41) is 10.7. The van der Waals surface area contributed by atoms with E-state index in [2.05, 4.69) is 20.7 Å². The van der Waals surface area contributed by atoms with Crippen LogP contribution in [0.5, 0.6) is 5.75 Å². The summed E-state index contributed by atoms with van der Waals surface area (Å²) in [7, 11) is -4.12. The van der Waals surface area contributed by atoms with Crippen molar-refractivity contribution in [3.8, 4) is 28.3 Å². The molecule has 59 heavy (non-hydrogen) atoms. The number of fused-ring (bicyclic) bond motifs is 1. The molecule has 2 N–H and O–H groups in total. The molecule has 0 spiro atoms. The third-order valence-electron chi connectivity index (χ3n) is 8.43. The first-order valence-corrected chi connectivity index (χ1v) is 20.6. The van der Waals surface area contributed by atoms with Gasteiger partial charge in [-0.1, -0.05) is 47.5 Å². The predicted octanol–water partition coefficient (Wildman–Crippen LogP) is 9.17. The summed E-state index contributed by atoms with van der Waals surface area (Å²) >= 11 is 12.7. The van der Waals surface area contributed by atoms with E-state index in [4.69, 9.17) is 51.8 Å². The van der Waals surface area contributed by atoms with E-state index < -0.39 is 39.5 Å². The summed E-state index contributed by atoms with van der Waals surface area (Å²) < 4.78 is 51.3. The van der Waals surface area contributed by atoms with Gasteiger partial charge in [0.1, 0.15) is 29.1 Å². The number of pyridine rings is 1. The van der Waals surface area contributed by atoms with Crippen molar-refractivity contribution >= 4 is 62.4 Å². The highest BCUT2D eigenvalue weighted by molar-refractivity contribution is 7.90. The average Bonchev–Trinajstić information content (AvgIpc) is 3.72. The number of amides is 2. The second-order valence-electron chi connectivity index (χ2n) is 15.5. The Balaban J connectivity index is 1.47. The number of alkyl carbamates (subject to hydrolysis) is 1. The van der Waals surface area contributed by atoms with Gasteiger partial charge >= 0.3 is 12.2 Å². The van der Waals surface area contributed by atoms with Crippen molar-refractivity contribution in [3.63, 3.8) is 0 Å². The fourth-order valence-electron chi connectivity index (χ4n) is 5.88. The number of halogens is 2. The topological polar surface area (TPSA) is 190 Å². The van der Waals surface area contributed by atoms with Crippen molar-refractivity contribution in [3.05, 3.63) is 100 Å². The lowest BCUT2D eigenvalue weighted by atomic mass is 10.0. The van der Waals surface area contributed by atoms with Gasteiger partial charge in [-0.3, -0.25) is 5.32 Å². The Kier molecular flexibility index (Phi) is 12.3. The van der Waals surface area contributed by atoms with Crippen LogP contribution in [0.25, 0.3) is 33.7 Å². The highest BCUT2D eigenvalue weighted by Gasteiger charge is 2.28. The maximum atomic E-state index is 13.6. The Labute approximate surface area is 351 Å². The monoisotopic (exact) mass is 863 g/mol. The third-order valence-corrected chi connectivity index (χ3v) is 10.6. The van der Waals surface area contributed by atoms with Gasteiger partial charge in [0.05, 0.1) is 40.5 Å². The van der Waals surface area contributed by atoms with Crippen LogP contribution in [0.1, 0.15) is 58.6 Å². The summed E-state index contributed by atoms with van der Waals surface area (Å²) in [6.07, 6.45) is 1.59. The molecule has 310 valence electrons. The number of anilines is 1. The van der Waals surface area contributed by atoms with Crippen LogP contribution in [0.4, 0.5) is 15.4 Å². The van der Waals surface area contributed by atoms with Crippen LogP contribution in [0, 0.1) is 13.8 Å². The van der Waals surface area contributed by atoms with E-state index in [1.807, 2.05) is 0 Å². The molecule has 0 saturated heterocycles. The number of benzene rings is 2. The van der Waals surface area contributed by atoms with Gasteiger partial charge in [-0.2, -0.15) is 13.5 Å². The minimum absolute atomic E-state index is 0.0145. The van der Waals surface area contributed by atoms with Crippen molar-refractivity contribution in [1.82, 2.24) is 29.5 Å². The molecule has 0 saturated carbocycles. The van der Waals surface area contributed by atoms with Crippen molar-refractivity contribution < 1.29 is 36.6 Å². The molecule has 2 amide bonds. The number of nitrogens with zero attached hydrogens (tertiary/aromatic N) is 5. The van der Waals surface area contributed by atoms with Gasteiger partial charge < -0.3 is 23.9 Å². The van der Waals surface area contributed by atoms with E-state index in [1.165, 1.54) is 24.6 Å². The van der Waals surface area contributed by atoms with Gasteiger partial charge in [0, 0.05) is 21.2 Å².